The molecule has 0 unspecified atom stereocenters. The number of nitrogens with one attached hydrogen (secondary N) is 1. The van der Waals surface area contributed by atoms with Gasteiger partial charge < -0.3 is 10.2 Å². The zero-order valence-corrected chi connectivity index (χ0v) is 16.5. The molecule has 26 heavy (non-hydrogen) atoms. The number of carbonyl (C=O) groups is 1. The minimum Gasteiger partial charge on any atom is -0.338 e. The average Bonchev–Trinajstić information content (AvgIpc) is 3.21. The van der Waals surface area contributed by atoms with E-state index in [4.69, 9.17) is 0 Å². The number of piperazine rings is 1. The molecule has 0 spiro atoms. The van der Waals surface area contributed by atoms with E-state index in [0.29, 0.717) is 0 Å². The van der Waals surface area contributed by atoms with Crippen molar-refractivity contribution in [1.82, 2.24) is 29.9 Å². The quantitative estimate of drug-likeness (QED) is 0.699. The molecule has 1 aromatic rings. The molecule has 3 rings (SSSR count). The van der Waals surface area contributed by atoms with E-state index in [9.17, 15) is 4.79 Å². The Morgan fingerprint density at radius 3 is 2.65 bits per heavy atom. The van der Waals surface area contributed by atoms with Gasteiger partial charge in [0.05, 0.1) is 6.54 Å². The average molecular weight is 381 g/mol. The number of thioether (sulfide) groups is 1. The molecule has 146 valence electrons. The van der Waals surface area contributed by atoms with E-state index in [1.165, 1.54) is 37.9 Å². The van der Waals surface area contributed by atoms with Crippen molar-refractivity contribution in [2.24, 2.45) is 0 Å². The van der Waals surface area contributed by atoms with Crippen molar-refractivity contribution in [3.05, 3.63) is 12.7 Å². The molecule has 0 atom stereocenters. The number of rotatable bonds is 8. The third kappa shape index (κ3) is 6.46. The fourth-order valence-corrected chi connectivity index (χ4v) is 4.94. The lowest BCUT2D eigenvalue weighted by atomic mass is 10.0. The van der Waals surface area contributed by atoms with Gasteiger partial charge in [0.1, 0.15) is 12.7 Å². The first kappa shape index (κ1) is 19.5. The summed E-state index contributed by atoms with van der Waals surface area (Å²) in [5.41, 5.74) is 0. The number of hydrogen-bond acceptors (Lipinski definition) is 5. The molecule has 1 aliphatic carbocycles. The predicted molar refractivity (Wildman–Crippen MR) is 105 cm³/mol. The van der Waals surface area contributed by atoms with Crippen LogP contribution in [0.15, 0.2) is 12.7 Å². The summed E-state index contributed by atoms with van der Waals surface area (Å²) in [5.74, 6) is 1.17. The highest BCUT2D eigenvalue weighted by Gasteiger charge is 2.20. The second kappa shape index (κ2) is 10.8. The molecular formula is C18H32N6OS. The van der Waals surface area contributed by atoms with E-state index >= 15 is 0 Å². The first-order valence-electron chi connectivity index (χ1n) is 10.0. The van der Waals surface area contributed by atoms with Crippen LogP contribution in [0.4, 0.5) is 4.79 Å². The Labute approximate surface area is 160 Å². The maximum atomic E-state index is 12.3. The Morgan fingerprint density at radius 1 is 1.12 bits per heavy atom. The van der Waals surface area contributed by atoms with Gasteiger partial charge in [0, 0.05) is 44.5 Å². The molecule has 0 aromatic carbocycles. The van der Waals surface area contributed by atoms with E-state index in [0.717, 1.165) is 57.5 Å². The van der Waals surface area contributed by atoms with Gasteiger partial charge >= 0.3 is 6.03 Å². The third-order valence-electron chi connectivity index (χ3n) is 5.27. The molecule has 8 heteroatoms. The van der Waals surface area contributed by atoms with Gasteiger partial charge in [0.15, 0.2) is 0 Å². The molecule has 2 fully saturated rings. The van der Waals surface area contributed by atoms with Crippen molar-refractivity contribution in [1.29, 1.82) is 0 Å². The van der Waals surface area contributed by atoms with Crippen molar-refractivity contribution >= 4 is 17.8 Å². The number of hydrogen-bond donors (Lipinski definition) is 1. The van der Waals surface area contributed by atoms with Crippen LogP contribution in [0, 0.1) is 0 Å². The Hall–Kier alpha value is -1.28. The van der Waals surface area contributed by atoms with Crippen molar-refractivity contribution in [2.75, 3.05) is 45.0 Å². The van der Waals surface area contributed by atoms with Crippen molar-refractivity contribution in [3.8, 4) is 0 Å². The summed E-state index contributed by atoms with van der Waals surface area (Å²) in [6.07, 6.45) is 11.4. The molecule has 7 nitrogen and oxygen atoms in total. The molecule has 2 amide bonds. The molecule has 2 aliphatic rings. The van der Waals surface area contributed by atoms with Crippen LogP contribution in [-0.2, 0) is 6.54 Å². The first-order valence-corrected chi connectivity index (χ1v) is 11.1. The SMILES string of the molecule is O=C(NCCCSC1CCCCC1)N1CCN(CCn2cncn2)CC1. The van der Waals surface area contributed by atoms with Crippen LogP contribution in [0.5, 0.6) is 0 Å². The second-order valence-corrected chi connectivity index (χ2v) is 8.61. The Bertz CT molecular complexity index is 512. The number of carbonyl (C=O) groups excluding carboxylic acids is 1. The smallest absolute Gasteiger partial charge is 0.317 e. The van der Waals surface area contributed by atoms with Gasteiger partial charge in [-0.25, -0.2) is 9.78 Å². The largest absolute Gasteiger partial charge is 0.338 e. The number of nitrogens with zero attached hydrogens (tertiary/aromatic N) is 5. The molecule has 1 saturated carbocycles. The summed E-state index contributed by atoms with van der Waals surface area (Å²) < 4.78 is 1.85. The molecule has 1 N–H and O–H groups in total. The summed E-state index contributed by atoms with van der Waals surface area (Å²) in [5, 5.41) is 8.08. The maximum absolute atomic E-state index is 12.3. The summed E-state index contributed by atoms with van der Waals surface area (Å²) in [7, 11) is 0. The van der Waals surface area contributed by atoms with Crippen LogP contribution in [0.2, 0.25) is 0 Å². The predicted octanol–water partition coefficient (Wildman–Crippen LogP) is 2.06. The van der Waals surface area contributed by atoms with Gasteiger partial charge in [-0.3, -0.25) is 9.58 Å². The van der Waals surface area contributed by atoms with Crippen LogP contribution >= 0.6 is 11.8 Å². The van der Waals surface area contributed by atoms with Crippen LogP contribution < -0.4 is 5.32 Å². The van der Waals surface area contributed by atoms with Crippen LogP contribution in [-0.4, -0.2) is 80.9 Å². The Morgan fingerprint density at radius 2 is 1.92 bits per heavy atom. The van der Waals surface area contributed by atoms with Gasteiger partial charge in [-0.1, -0.05) is 19.3 Å². The molecule has 1 aromatic heterocycles. The molecule has 2 heterocycles. The topological polar surface area (TPSA) is 66.3 Å². The summed E-state index contributed by atoms with van der Waals surface area (Å²) in [6, 6.07) is 0.101. The van der Waals surface area contributed by atoms with Gasteiger partial charge in [-0.2, -0.15) is 16.9 Å². The van der Waals surface area contributed by atoms with Gasteiger partial charge in [0.2, 0.25) is 0 Å². The minimum atomic E-state index is 0.101. The van der Waals surface area contributed by atoms with E-state index in [-0.39, 0.29) is 6.03 Å². The van der Waals surface area contributed by atoms with Gasteiger partial charge in [-0.05, 0) is 25.0 Å². The monoisotopic (exact) mass is 380 g/mol. The minimum absolute atomic E-state index is 0.101. The van der Waals surface area contributed by atoms with Crippen molar-refractivity contribution in [2.45, 2.75) is 50.3 Å². The van der Waals surface area contributed by atoms with Crippen molar-refractivity contribution < 1.29 is 4.79 Å². The second-order valence-electron chi connectivity index (χ2n) is 7.20. The normalized spacial score (nSPS) is 19.6. The molecule has 1 saturated heterocycles. The van der Waals surface area contributed by atoms with Gasteiger partial charge in [0.25, 0.3) is 0 Å². The highest BCUT2D eigenvalue weighted by atomic mass is 32.2. The summed E-state index contributed by atoms with van der Waals surface area (Å²) in [6.45, 7) is 6.08. The highest BCUT2D eigenvalue weighted by Crippen LogP contribution is 2.28. The Balaban J connectivity index is 1.22. The highest BCUT2D eigenvalue weighted by molar-refractivity contribution is 7.99. The zero-order valence-electron chi connectivity index (χ0n) is 15.7. The standard InChI is InChI=1S/C18H32N6OS/c25-18(20-7-4-14-26-17-5-2-1-3-6-17)23-11-8-22(9-12-23)10-13-24-16-19-15-21-24/h15-17H,1-14H2,(H,20,25). The first-order chi connectivity index (χ1) is 12.8. The fraction of sp³-hybridized carbons (Fsp3) is 0.833. The summed E-state index contributed by atoms with van der Waals surface area (Å²) in [4.78, 5) is 20.6. The molecule has 1 aliphatic heterocycles. The third-order valence-corrected chi connectivity index (χ3v) is 6.74. The van der Waals surface area contributed by atoms with Crippen LogP contribution in [0.25, 0.3) is 0 Å². The number of urea groups is 1. The molecular weight excluding hydrogens is 348 g/mol. The lowest BCUT2D eigenvalue weighted by molar-refractivity contribution is 0.136. The Kier molecular flexibility index (Phi) is 8.07. The summed E-state index contributed by atoms with van der Waals surface area (Å²) >= 11 is 2.11. The fourth-order valence-electron chi connectivity index (χ4n) is 3.63. The van der Waals surface area contributed by atoms with E-state index in [2.05, 4.69) is 32.1 Å². The van der Waals surface area contributed by atoms with E-state index < -0.39 is 0 Å². The number of amides is 2. The number of aromatic nitrogens is 3. The van der Waals surface area contributed by atoms with Crippen LogP contribution in [0.3, 0.4) is 0 Å². The van der Waals surface area contributed by atoms with E-state index in [1.807, 2.05) is 9.58 Å². The van der Waals surface area contributed by atoms with Gasteiger partial charge in [-0.15, -0.1) is 0 Å². The van der Waals surface area contributed by atoms with Crippen molar-refractivity contribution in [3.63, 3.8) is 0 Å². The maximum Gasteiger partial charge on any atom is 0.317 e. The zero-order chi connectivity index (χ0) is 18.0. The molecule has 0 bridgehead atoms. The van der Waals surface area contributed by atoms with Crippen LogP contribution in [0.1, 0.15) is 38.5 Å². The van der Waals surface area contributed by atoms with E-state index in [1.54, 1.807) is 12.7 Å². The lowest BCUT2D eigenvalue weighted by Gasteiger charge is -2.34. The molecule has 0 radical (unpaired) electrons. The lowest BCUT2D eigenvalue weighted by Crippen LogP contribution is -2.52.